The summed E-state index contributed by atoms with van der Waals surface area (Å²) >= 11 is 0. The number of halogens is 4. The van der Waals surface area contributed by atoms with E-state index in [-0.39, 0.29) is 5.56 Å². The highest BCUT2D eigenvalue weighted by atomic mass is 19.4. The van der Waals surface area contributed by atoms with Gasteiger partial charge in [0.25, 0.3) is 0 Å². The van der Waals surface area contributed by atoms with E-state index in [1.807, 2.05) is 13.8 Å². The standard InChI is InChI=1S/C15H21F4NO/c1-14(2,21-4)8-7-13(20-3)11-9-10(16)5-6-12(11)15(17,18)19/h5-6,9,13,20H,7-8H2,1-4H3. The number of hydrogen-bond acceptors (Lipinski definition) is 2. The van der Waals surface area contributed by atoms with Gasteiger partial charge in [-0.3, -0.25) is 0 Å². The van der Waals surface area contributed by atoms with Gasteiger partial charge in [0.1, 0.15) is 5.82 Å². The molecule has 1 N–H and O–H groups in total. The first-order valence-electron chi connectivity index (χ1n) is 6.70. The first kappa shape index (κ1) is 17.9. The molecule has 1 aromatic carbocycles. The van der Waals surface area contributed by atoms with E-state index in [2.05, 4.69) is 5.32 Å². The normalized spacial score (nSPS) is 14.3. The fourth-order valence-electron chi connectivity index (χ4n) is 2.13. The number of benzene rings is 1. The molecular formula is C15H21F4NO. The monoisotopic (exact) mass is 307 g/mol. The highest BCUT2D eigenvalue weighted by Crippen LogP contribution is 2.36. The Labute approximate surface area is 122 Å². The summed E-state index contributed by atoms with van der Waals surface area (Å²) in [4.78, 5) is 0. The molecule has 0 bridgehead atoms. The van der Waals surface area contributed by atoms with Crippen molar-refractivity contribution in [1.82, 2.24) is 5.32 Å². The van der Waals surface area contributed by atoms with Crippen LogP contribution >= 0.6 is 0 Å². The van der Waals surface area contributed by atoms with Gasteiger partial charge in [-0.25, -0.2) is 4.39 Å². The molecule has 0 spiro atoms. The lowest BCUT2D eigenvalue weighted by Crippen LogP contribution is -2.27. The van der Waals surface area contributed by atoms with E-state index < -0.39 is 29.2 Å². The molecule has 1 unspecified atom stereocenters. The molecule has 21 heavy (non-hydrogen) atoms. The van der Waals surface area contributed by atoms with Crippen LogP contribution in [0.5, 0.6) is 0 Å². The lowest BCUT2D eigenvalue weighted by atomic mass is 9.92. The third-order valence-electron chi connectivity index (χ3n) is 3.63. The van der Waals surface area contributed by atoms with E-state index in [1.165, 1.54) is 0 Å². The van der Waals surface area contributed by atoms with Crippen LogP contribution in [-0.4, -0.2) is 19.8 Å². The van der Waals surface area contributed by atoms with E-state index >= 15 is 0 Å². The predicted octanol–water partition coefficient (Wildman–Crippen LogP) is 4.31. The van der Waals surface area contributed by atoms with Gasteiger partial charge in [-0.05, 0) is 57.5 Å². The molecule has 1 rings (SSSR count). The Kier molecular flexibility index (Phi) is 5.75. The van der Waals surface area contributed by atoms with E-state index in [0.29, 0.717) is 12.8 Å². The number of nitrogens with one attached hydrogen (secondary N) is 1. The molecule has 0 radical (unpaired) electrons. The van der Waals surface area contributed by atoms with Gasteiger partial charge in [0.05, 0.1) is 11.2 Å². The molecule has 0 heterocycles. The van der Waals surface area contributed by atoms with Crippen molar-refractivity contribution in [2.75, 3.05) is 14.2 Å². The van der Waals surface area contributed by atoms with Crippen molar-refractivity contribution in [3.05, 3.63) is 35.1 Å². The minimum absolute atomic E-state index is 0.0723. The van der Waals surface area contributed by atoms with Crippen molar-refractivity contribution in [3.63, 3.8) is 0 Å². The van der Waals surface area contributed by atoms with E-state index in [9.17, 15) is 17.6 Å². The van der Waals surface area contributed by atoms with Gasteiger partial charge in [0.15, 0.2) is 0 Å². The molecule has 0 amide bonds. The van der Waals surface area contributed by atoms with Gasteiger partial charge in [-0.15, -0.1) is 0 Å². The molecule has 0 aliphatic heterocycles. The Hall–Kier alpha value is -1.14. The molecule has 120 valence electrons. The second-order valence-corrected chi connectivity index (χ2v) is 5.57. The van der Waals surface area contributed by atoms with Crippen LogP contribution in [0.2, 0.25) is 0 Å². The van der Waals surface area contributed by atoms with Crippen molar-refractivity contribution in [2.45, 2.75) is 44.5 Å². The molecule has 0 aliphatic carbocycles. The van der Waals surface area contributed by atoms with Crippen LogP contribution in [0.1, 0.15) is 43.9 Å². The lowest BCUT2D eigenvalue weighted by Gasteiger charge is -2.27. The van der Waals surface area contributed by atoms with Crippen LogP contribution < -0.4 is 5.32 Å². The molecule has 0 saturated heterocycles. The maximum atomic E-state index is 13.4. The largest absolute Gasteiger partial charge is 0.416 e. The van der Waals surface area contributed by atoms with Gasteiger partial charge in [-0.2, -0.15) is 13.2 Å². The van der Waals surface area contributed by atoms with Crippen LogP contribution in [0.3, 0.4) is 0 Å². The van der Waals surface area contributed by atoms with Crippen LogP contribution in [-0.2, 0) is 10.9 Å². The molecule has 1 aromatic rings. The fraction of sp³-hybridized carbons (Fsp3) is 0.600. The molecule has 1 atom stereocenters. The quantitative estimate of drug-likeness (QED) is 0.791. The molecule has 0 saturated carbocycles. The zero-order chi connectivity index (χ0) is 16.3. The van der Waals surface area contributed by atoms with Crippen molar-refractivity contribution >= 4 is 0 Å². The summed E-state index contributed by atoms with van der Waals surface area (Å²) in [6.45, 7) is 3.71. The Balaban J connectivity index is 3.07. The second-order valence-electron chi connectivity index (χ2n) is 5.57. The number of ether oxygens (including phenoxy) is 1. The highest BCUT2D eigenvalue weighted by molar-refractivity contribution is 5.33. The Morgan fingerprint density at radius 2 is 1.86 bits per heavy atom. The van der Waals surface area contributed by atoms with Gasteiger partial charge >= 0.3 is 6.18 Å². The minimum Gasteiger partial charge on any atom is -0.379 e. The predicted molar refractivity (Wildman–Crippen MR) is 73.5 cm³/mol. The molecule has 6 heteroatoms. The van der Waals surface area contributed by atoms with Crippen molar-refractivity contribution in [3.8, 4) is 0 Å². The first-order valence-corrected chi connectivity index (χ1v) is 6.70. The number of methoxy groups -OCH3 is 1. The van der Waals surface area contributed by atoms with Gasteiger partial charge in [0.2, 0.25) is 0 Å². The number of alkyl halides is 3. The fourth-order valence-corrected chi connectivity index (χ4v) is 2.13. The van der Waals surface area contributed by atoms with Gasteiger partial charge in [0, 0.05) is 13.2 Å². The summed E-state index contributed by atoms with van der Waals surface area (Å²) in [5.74, 6) is -0.677. The Bertz CT molecular complexity index is 471. The first-order chi connectivity index (χ1) is 9.60. The second kappa shape index (κ2) is 6.75. The highest BCUT2D eigenvalue weighted by Gasteiger charge is 2.35. The SMILES string of the molecule is CNC(CCC(C)(C)OC)c1cc(F)ccc1C(F)(F)F. The third-order valence-corrected chi connectivity index (χ3v) is 3.63. The lowest BCUT2D eigenvalue weighted by molar-refractivity contribution is -0.138. The summed E-state index contributed by atoms with van der Waals surface area (Å²) in [5, 5.41) is 2.83. The maximum Gasteiger partial charge on any atom is 0.416 e. The van der Waals surface area contributed by atoms with Gasteiger partial charge < -0.3 is 10.1 Å². The summed E-state index contributed by atoms with van der Waals surface area (Å²) in [7, 11) is 3.12. The number of hydrogen-bond donors (Lipinski definition) is 1. The molecular weight excluding hydrogens is 286 g/mol. The average molecular weight is 307 g/mol. The smallest absolute Gasteiger partial charge is 0.379 e. The van der Waals surface area contributed by atoms with Crippen molar-refractivity contribution in [1.29, 1.82) is 0 Å². The minimum atomic E-state index is -4.51. The van der Waals surface area contributed by atoms with Crippen LogP contribution in [0, 0.1) is 5.82 Å². The Morgan fingerprint density at radius 1 is 1.24 bits per heavy atom. The van der Waals surface area contributed by atoms with Crippen LogP contribution in [0.25, 0.3) is 0 Å². The summed E-state index contributed by atoms with van der Waals surface area (Å²) in [6.07, 6.45) is -3.55. The Morgan fingerprint density at radius 3 is 2.33 bits per heavy atom. The molecule has 0 aliphatic rings. The topological polar surface area (TPSA) is 21.3 Å². The van der Waals surface area contributed by atoms with Crippen LogP contribution in [0.4, 0.5) is 17.6 Å². The molecule has 2 nitrogen and oxygen atoms in total. The zero-order valence-electron chi connectivity index (χ0n) is 12.6. The van der Waals surface area contributed by atoms with E-state index in [1.54, 1.807) is 14.2 Å². The van der Waals surface area contributed by atoms with E-state index in [0.717, 1.165) is 18.2 Å². The average Bonchev–Trinajstić information content (AvgIpc) is 2.38. The van der Waals surface area contributed by atoms with Gasteiger partial charge in [-0.1, -0.05) is 0 Å². The zero-order valence-corrected chi connectivity index (χ0v) is 12.6. The number of rotatable bonds is 6. The van der Waals surface area contributed by atoms with Crippen molar-refractivity contribution in [2.24, 2.45) is 0 Å². The van der Waals surface area contributed by atoms with Crippen LogP contribution in [0.15, 0.2) is 18.2 Å². The maximum absolute atomic E-state index is 13.4. The third kappa shape index (κ3) is 4.97. The molecule has 0 aromatic heterocycles. The summed E-state index contributed by atoms with van der Waals surface area (Å²) in [6, 6.07) is 1.98. The van der Waals surface area contributed by atoms with E-state index in [4.69, 9.17) is 4.74 Å². The summed E-state index contributed by atoms with van der Waals surface area (Å²) in [5.41, 5.74) is -1.32. The summed E-state index contributed by atoms with van der Waals surface area (Å²) < 4.78 is 57.7. The molecule has 0 fully saturated rings. The van der Waals surface area contributed by atoms with Crippen molar-refractivity contribution < 1.29 is 22.3 Å².